The fourth-order valence-corrected chi connectivity index (χ4v) is 3.47. The van der Waals surface area contributed by atoms with Gasteiger partial charge in [0.05, 0.1) is 12.2 Å². The molecule has 0 radical (unpaired) electrons. The molecular formula is C19H15N3OS. The Labute approximate surface area is 143 Å². The summed E-state index contributed by atoms with van der Waals surface area (Å²) in [6, 6.07) is 17.8. The maximum Gasteiger partial charge on any atom is 0.251 e. The van der Waals surface area contributed by atoms with Crippen molar-refractivity contribution < 1.29 is 4.79 Å². The second-order valence-electron chi connectivity index (χ2n) is 5.43. The summed E-state index contributed by atoms with van der Waals surface area (Å²) in [4.78, 5) is 17.5. The number of benzene rings is 2. The van der Waals surface area contributed by atoms with Crippen LogP contribution in [0.3, 0.4) is 0 Å². The lowest BCUT2D eigenvalue weighted by molar-refractivity contribution is 0.0950. The first-order valence-corrected chi connectivity index (χ1v) is 8.52. The Bertz CT molecular complexity index is 971. The highest BCUT2D eigenvalue weighted by Gasteiger charge is 2.08. The minimum atomic E-state index is -0.0749. The number of carbonyl (C=O) groups excluding carboxylic acids is 1. The Morgan fingerprint density at radius 2 is 1.79 bits per heavy atom. The summed E-state index contributed by atoms with van der Waals surface area (Å²) in [5.74, 6) is -0.0749. The van der Waals surface area contributed by atoms with Crippen LogP contribution >= 0.6 is 11.3 Å². The highest BCUT2D eigenvalue weighted by atomic mass is 32.1. The maximum absolute atomic E-state index is 12.3. The van der Waals surface area contributed by atoms with E-state index in [9.17, 15) is 4.79 Å². The third-order valence-electron chi connectivity index (χ3n) is 3.90. The van der Waals surface area contributed by atoms with Gasteiger partial charge >= 0.3 is 0 Å². The summed E-state index contributed by atoms with van der Waals surface area (Å²) in [7, 11) is 0. The molecule has 0 saturated heterocycles. The molecule has 2 aromatic carbocycles. The van der Waals surface area contributed by atoms with Crippen molar-refractivity contribution in [3.8, 4) is 11.1 Å². The zero-order chi connectivity index (χ0) is 16.4. The van der Waals surface area contributed by atoms with Crippen LogP contribution in [0.1, 0.15) is 16.1 Å². The van der Waals surface area contributed by atoms with Crippen molar-refractivity contribution in [3.05, 3.63) is 83.6 Å². The molecule has 0 aliphatic carbocycles. The van der Waals surface area contributed by atoms with E-state index in [4.69, 9.17) is 0 Å². The number of nitrogens with one attached hydrogen (secondary N) is 1. The van der Waals surface area contributed by atoms with Gasteiger partial charge in [-0.05, 0) is 23.3 Å². The van der Waals surface area contributed by atoms with Gasteiger partial charge in [0.1, 0.15) is 0 Å². The van der Waals surface area contributed by atoms with Gasteiger partial charge in [0.25, 0.3) is 5.91 Å². The fraction of sp³-hybridized carbons (Fsp3) is 0.0526. The van der Waals surface area contributed by atoms with Crippen molar-refractivity contribution in [2.45, 2.75) is 6.54 Å². The first kappa shape index (κ1) is 14.7. The van der Waals surface area contributed by atoms with E-state index in [2.05, 4.69) is 22.4 Å². The lowest BCUT2D eigenvalue weighted by atomic mass is 10.0. The molecule has 4 aromatic rings. The van der Waals surface area contributed by atoms with Gasteiger partial charge < -0.3 is 5.32 Å². The van der Waals surface area contributed by atoms with Crippen LogP contribution in [0.15, 0.2) is 72.4 Å². The minimum Gasteiger partial charge on any atom is -0.346 e. The van der Waals surface area contributed by atoms with Crippen molar-refractivity contribution in [1.82, 2.24) is 14.7 Å². The average Bonchev–Trinajstić information content (AvgIpc) is 3.25. The zero-order valence-corrected chi connectivity index (χ0v) is 13.7. The Morgan fingerprint density at radius 3 is 2.58 bits per heavy atom. The fourth-order valence-electron chi connectivity index (χ4n) is 2.62. The Kier molecular flexibility index (Phi) is 3.84. The summed E-state index contributed by atoms with van der Waals surface area (Å²) < 4.78 is 1.99. The highest BCUT2D eigenvalue weighted by molar-refractivity contribution is 7.15. The monoisotopic (exact) mass is 333 g/mol. The number of fused-ring (bicyclic) bond motifs is 1. The van der Waals surface area contributed by atoms with Crippen molar-refractivity contribution in [3.63, 3.8) is 0 Å². The molecule has 0 bridgehead atoms. The molecule has 118 valence electrons. The Hall–Kier alpha value is -2.92. The lowest BCUT2D eigenvalue weighted by Crippen LogP contribution is -2.23. The standard InChI is InChI=1S/C19H15N3OS/c23-18(21-12-17-13-24-19-20-10-11-22(17)19)16-8-6-15(7-9-16)14-4-2-1-3-5-14/h1-11,13H,12H2,(H,21,23). The molecule has 5 heteroatoms. The predicted octanol–water partition coefficient (Wildman–Crippen LogP) is 3.99. The SMILES string of the molecule is O=C(NCc1csc2nccn12)c1ccc(-c2ccccc2)cc1. The molecule has 1 amide bonds. The number of aromatic nitrogens is 2. The zero-order valence-electron chi connectivity index (χ0n) is 12.8. The van der Waals surface area contributed by atoms with Gasteiger partial charge in [-0.25, -0.2) is 4.98 Å². The van der Waals surface area contributed by atoms with Crippen molar-refractivity contribution in [1.29, 1.82) is 0 Å². The van der Waals surface area contributed by atoms with E-state index in [0.717, 1.165) is 21.8 Å². The van der Waals surface area contributed by atoms with Crippen LogP contribution in [0.4, 0.5) is 0 Å². The molecule has 0 fully saturated rings. The third-order valence-corrected chi connectivity index (χ3v) is 4.80. The molecule has 0 saturated carbocycles. The van der Waals surface area contributed by atoms with Gasteiger partial charge in [-0.1, -0.05) is 42.5 Å². The molecule has 0 spiro atoms. The minimum absolute atomic E-state index is 0.0749. The van der Waals surface area contributed by atoms with Crippen LogP contribution in [-0.4, -0.2) is 15.3 Å². The number of nitrogens with zero attached hydrogens (tertiary/aromatic N) is 2. The van der Waals surface area contributed by atoms with E-state index in [1.54, 1.807) is 17.5 Å². The number of carbonyl (C=O) groups is 1. The predicted molar refractivity (Wildman–Crippen MR) is 96.1 cm³/mol. The van der Waals surface area contributed by atoms with Crippen LogP contribution in [-0.2, 0) is 6.54 Å². The summed E-state index contributed by atoms with van der Waals surface area (Å²) in [5.41, 5.74) is 3.93. The largest absolute Gasteiger partial charge is 0.346 e. The number of thiazole rings is 1. The Balaban J connectivity index is 1.46. The molecule has 0 unspecified atom stereocenters. The molecule has 2 heterocycles. The molecule has 24 heavy (non-hydrogen) atoms. The molecule has 0 aliphatic heterocycles. The van der Waals surface area contributed by atoms with Crippen LogP contribution in [0.25, 0.3) is 16.1 Å². The maximum atomic E-state index is 12.3. The molecule has 1 N–H and O–H groups in total. The van der Waals surface area contributed by atoms with Gasteiger partial charge in [-0.3, -0.25) is 9.20 Å². The summed E-state index contributed by atoms with van der Waals surface area (Å²) >= 11 is 1.57. The number of hydrogen-bond acceptors (Lipinski definition) is 3. The Morgan fingerprint density at radius 1 is 1.04 bits per heavy atom. The van der Waals surface area contributed by atoms with Crippen LogP contribution in [0.2, 0.25) is 0 Å². The van der Waals surface area contributed by atoms with Gasteiger partial charge in [0.15, 0.2) is 4.96 Å². The average molecular weight is 333 g/mol. The first-order chi connectivity index (χ1) is 11.8. The van der Waals surface area contributed by atoms with Crippen molar-refractivity contribution in [2.75, 3.05) is 0 Å². The number of imidazole rings is 1. The highest BCUT2D eigenvalue weighted by Crippen LogP contribution is 2.19. The van der Waals surface area contributed by atoms with E-state index in [-0.39, 0.29) is 5.91 Å². The van der Waals surface area contributed by atoms with Crippen LogP contribution in [0, 0.1) is 0 Å². The van der Waals surface area contributed by atoms with Gasteiger partial charge in [0.2, 0.25) is 0 Å². The number of amides is 1. The van der Waals surface area contributed by atoms with Crippen LogP contribution in [0.5, 0.6) is 0 Å². The van der Waals surface area contributed by atoms with E-state index in [1.807, 2.05) is 58.4 Å². The van der Waals surface area contributed by atoms with E-state index < -0.39 is 0 Å². The number of rotatable bonds is 4. The van der Waals surface area contributed by atoms with E-state index in [0.29, 0.717) is 12.1 Å². The lowest BCUT2D eigenvalue weighted by Gasteiger charge is -2.06. The van der Waals surface area contributed by atoms with Gasteiger partial charge in [0, 0.05) is 23.3 Å². The second-order valence-corrected chi connectivity index (χ2v) is 6.27. The first-order valence-electron chi connectivity index (χ1n) is 7.64. The van der Waals surface area contributed by atoms with Gasteiger partial charge in [-0.2, -0.15) is 0 Å². The molecule has 4 nitrogen and oxygen atoms in total. The molecular weight excluding hydrogens is 318 g/mol. The molecule has 2 aromatic heterocycles. The van der Waals surface area contributed by atoms with Crippen molar-refractivity contribution in [2.24, 2.45) is 0 Å². The van der Waals surface area contributed by atoms with E-state index >= 15 is 0 Å². The number of hydrogen-bond donors (Lipinski definition) is 1. The molecule has 0 atom stereocenters. The van der Waals surface area contributed by atoms with E-state index in [1.165, 1.54) is 0 Å². The normalized spacial score (nSPS) is 10.8. The smallest absolute Gasteiger partial charge is 0.251 e. The van der Waals surface area contributed by atoms with Gasteiger partial charge in [-0.15, -0.1) is 11.3 Å². The summed E-state index contributed by atoms with van der Waals surface area (Å²) in [6.07, 6.45) is 3.67. The molecule has 4 rings (SSSR count). The summed E-state index contributed by atoms with van der Waals surface area (Å²) in [6.45, 7) is 0.482. The quantitative estimate of drug-likeness (QED) is 0.614. The summed E-state index contributed by atoms with van der Waals surface area (Å²) in [5, 5.41) is 4.98. The topological polar surface area (TPSA) is 46.4 Å². The third kappa shape index (κ3) is 2.81. The van der Waals surface area contributed by atoms with Crippen LogP contribution < -0.4 is 5.32 Å². The second kappa shape index (κ2) is 6.29. The molecule has 0 aliphatic rings. The van der Waals surface area contributed by atoms with Crippen molar-refractivity contribution >= 4 is 22.2 Å².